The Morgan fingerprint density at radius 1 is 1.07 bits per heavy atom. The van der Waals surface area contributed by atoms with E-state index in [9.17, 15) is 4.79 Å². The van der Waals surface area contributed by atoms with E-state index in [-0.39, 0.29) is 6.03 Å². The van der Waals surface area contributed by atoms with Crippen molar-refractivity contribution in [2.24, 2.45) is 0 Å². The largest absolute Gasteiger partial charge is 0.357 e. The molecule has 1 aromatic heterocycles. The first-order chi connectivity index (χ1) is 13.5. The molecule has 1 aliphatic heterocycles. The predicted octanol–water partition coefficient (Wildman–Crippen LogP) is 5.11. The van der Waals surface area contributed by atoms with Gasteiger partial charge in [0.25, 0.3) is 0 Å². The summed E-state index contributed by atoms with van der Waals surface area (Å²) >= 11 is 12.0. The van der Waals surface area contributed by atoms with Crippen LogP contribution in [0.1, 0.15) is 36.8 Å². The molecule has 1 aliphatic rings. The third-order valence-electron chi connectivity index (χ3n) is 4.93. The number of aromatic nitrogens is 1. The zero-order valence-electron chi connectivity index (χ0n) is 16.1. The second-order valence-electron chi connectivity index (χ2n) is 7.19. The van der Waals surface area contributed by atoms with Crippen LogP contribution in [-0.2, 0) is 13.1 Å². The normalized spacial score (nSPS) is 14.5. The van der Waals surface area contributed by atoms with Gasteiger partial charge in [-0.3, -0.25) is 0 Å². The van der Waals surface area contributed by atoms with E-state index in [1.807, 2.05) is 18.3 Å². The molecule has 1 N–H and O–H groups in total. The van der Waals surface area contributed by atoms with Crippen LogP contribution < -0.4 is 10.2 Å². The van der Waals surface area contributed by atoms with Crippen molar-refractivity contribution in [3.8, 4) is 0 Å². The number of pyridine rings is 1. The van der Waals surface area contributed by atoms with E-state index in [1.54, 1.807) is 24.1 Å². The minimum Gasteiger partial charge on any atom is -0.357 e. The molecular formula is C21H26Cl2N4O. The van der Waals surface area contributed by atoms with Crippen molar-refractivity contribution in [2.45, 2.75) is 38.8 Å². The van der Waals surface area contributed by atoms with Gasteiger partial charge in [0.2, 0.25) is 0 Å². The van der Waals surface area contributed by atoms with Crippen LogP contribution >= 0.6 is 23.2 Å². The number of nitrogens with zero attached hydrogens (tertiary/aromatic N) is 3. The Labute approximate surface area is 176 Å². The summed E-state index contributed by atoms with van der Waals surface area (Å²) < 4.78 is 0. The van der Waals surface area contributed by atoms with Crippen molar-refractivity contribution in [2.75, 3.05) is 25.0 Å². The molecule has 28 heavy (non-hydrogen) atoms. The molecule has 0 atom stereocenters. The summed E-state index contributed by atoms with van der Waals surface area (Å²) in [6, 6.07) is 9.27. The van der Waals surface area contributed by atoms with Gasteiger partial charge in [-0.15, -0.1) is 0 Å². The standard InChI is InChI=1S/C21H26Cl2N4O/c1-26(15-17-6-7-18(22)19(23)12-17)21(28)25-14-16-8-9-24-20(13-16)27-10-4-2-3-5-11-27/h6-9,12-13H,2-5,10-11,14-15H2,1H3,(H,25,28). The molecule has 1 fully saturated rings. The van der Waals surface area contributed by atoms with Crippen molar-refractivity contribution < 1.29 is 4.79 Å². The summed E-state index contributed by atoms with van der Waals surface area (Å²) in [7, 11) is 1.76. The maximum absolute atomic E-state index is 12.4. The number of halogens is 2. The van der Waals surface area contributed by atoms with Crippen molar-refractivity contribution in [1.82, 2.24) is 15.2 Å². The Morgan fingerprint density at radius 3 is 2.54 bits per heavy atom. The first-order valence-corrected chi connectivity index (χ1v) is 10.4. The third-order valence-corrected chi connectivity index (χ3v) is 5.67. The number of anilines is 1. The van der Waals surface area contributed by atoms with Gasteiger partial charge >= 0.3 is 6.03 Å². The Morgan fingerprint density at radius 2 is 1.82 bits per heavy atom. The lowest BCUT2D eigenvalue weighted by atomic mass is 10.2. The number of hydrogen-bond donors (Lipinski definition) is 1. The molecule has 2 heterocycles. The van der Waals surface area contributed by atoms with Crippen LogP contribution in [0.25, 0.3) is 0 Å². The van der Waals surface area contributed by atoms with Gasteiger partial charge in [-0.25, -0.2) is 9.78 Å². The average molecular weight is 421 g/mol. The van der Waals surface area contributed by atoms with Gasteiger partial charge in [-0.2, -0.15) is 0 Å². The van der Waals surface area contributed by atoms with E-state index in [2.05, 4.69) is 21.3 Å². The van der Waals surface area contributed by atoms with E-state index in [0.29, 0.717) is 23.1 Å². The molecule has 0 unspecified atom stereocenters. The number of rotatable bonds is 5. The van der Waals surface area contributed by atoms with Gasteiger partial charge in [-0.05, 0) is 48.2 Å². The monoisotopic (exact) mass is 420 g/mol. The van der Waals surface area contributed by atoms with Gasteiger partial charge in [0.15, 0.2) is 0 Å². The van der Waals surface area contributed by atoms with E-state index in [4.69, 9.17) is 23.2 Å². The predicted molar refractivity (Wildman–Crippen MR) is 115 cm³/mol. The highest BCUT2D eigenvalue weighted by Gasteiger charge is 2.13. The highest BCUT2D eigenvalue weighted by molar-refractivity contribution is 6.42. The maximum Gasteiger partial charge on any atom is 0.317 e. The molecule has 1 aromatic carbocycles. The minimum atomic E-state index is -0.140. The molecule has 1 saturated heterocycles. The molecule has 7 heteroatoms. The fourth-order valence-corrected chi connectivity index (χ4v) is 3.66. The average Bonchev–Trinajstić information content (AvgIpc) is 2.98. The molecule has 5 nitrogen and oxygen atoms in total. The fourth-order valence-electron chi connectivity index (χ4n) is 3.34. The lowest BCUT2D eigenvalue weighted by molar-refractivity contribution is 0.206. The van der Waals surface area contributed by atoms with E-state index in [0.717, 1.165) is 30.0 Å². The number of carbonyl (C=O) groups excluding carboxylic acids is 1. The Balaban J connectivity index is 1.54. The van der Waals surface area contributed by atoms with Crippen LogP contribution in [0, 0.1) is 0 Å². The van der Waals surface area contributed by atoms with Crippen molar-refractivity contribution in [3.63, 3.8) is 0 Å². The molecule has 0 saturated carbocycles. The second kappa shape index (κ2) is 9.99. The summed E-state index contributed by atoms with van der Waals surface area (Å²) in [5.41, 5.74) is 1.98. The first kappa shape index (κ1) is 20.7. The van der Waals surface area contributed by atoms with Crippen molar-refractivity contribution in [3.05, 3.63) is 57.7 Å². The summed E-state index contributed by atoms with van der Waals surface area (Å²) in [6.45, 7) is 3.02. The van der Waals surface area contributed by atoms with Crippen LogP contribution in [0.4, 0.5) is 10.6 Å². The lowest BCUT2D eigenvalue weighted by Gasteiger charge is -2.22. The number of urea groups is 1. The van der Waals surface area contributed by atoms with Gasteiger partial charge in [0.1, 0.15) is 5.82 Å². The van der Waals surface area contributed by atoms with Gasteiger partial charge in [0.05, 0.1) is 10.0 Å². The number of nitrogens with one attached hydrogen (secondary N) is 1. The maximum atomic E-state index is 12.4. The summed E-state index contributed by atoms with van der Waals surface area (Å²) in [5.74, 6) is 0.998. The summed E-state index contributed by atoms with van der Waals surface area (Å²) in [4.78, 5) is 20.9. The molecule has 0 aliphatic carbocycles. The van der Waals surface area contributed by atoms with Crippen LogP contribution in [0.15, 0.2) is 36.5 Å². The molecule has 0 radical (unpaired) electrons. The smallest absolute Gasteiger partial charge is 0.317 e. The van der Waals surface area contributed by atoms with E-state index in [1.165, 1.54) is 25.7 Å². The molecule has 150 valence electrons. The molecular weight excluding hydrogens is 395 g/mol. The minimum absolute atomic E-state index is 0.140. The van der Waals surface area contributed by atoms with Gasteiger partial charge < -0.3 is 15.1 Å². The zero-order chi connectivity index (χ0) is 19.9. The van der Waals surface area contributed by atoms with Crippen LogP contribution in [-0.4, -0.2) is 36.1 Å². The number of amides is 2. The quantitative estimate of drug-likeness (QED) is 0.730. The lowest BCUT2D eigenvalue weighted by Crippen LogP contribution is -2.36. The SMILES string of the molecule is CN(Cc1ccc(Cl)c(Cl)c1)C(=O)NCc1ccnc(N2CCCCCC2)c1. The van der Waals surface area contributed by atoms with Crippen molar-refractivity contribution >= 4 is 35.1 Å². The number of carbonyl (C=O) groups is 1. The highest BCUT2D eigenvalue weighted by Crippen LogP contribution is 2.23. The van der Waals surface area contributed by atoms with Crippen LogP contribution in [0.5, 0.6) is 0 Å². The molecule has 2 aromatic rings. The summed E-state index contributed by atoms with van der Waals surface area (Å²) in [5, 5.41) is 3.97. The summed E-state index contributed by atoms with van der Waals surface area (Å²) in [6.07, 6.45) is 6.82. The second-order valence-corrected chi connectivity index (χ2v) is 8.00. The topological polar surface area (TPSA) is 48.5 Å². The Kier molecular flexibility index (Phi) is 7.40. The molecule has 2 amide bonds. The number of benzene rings is 1. The van der Waals surface area contributed by atoms with Gasteiger partial charge in [-0.1, -0.05) is 42.1 Å². The first-order valence-electron chi connectivity index (χ1n) is 9.66. The van der Waals surface area contributed by atoms with E-state index >= 15 is 0 Å². The molecule has 0 spiro atoms. The van der Waals surface area contributed by atoms with Crippen LogP contribution in [0.2, 0.25) is 10.0 Å². The third kappa shape index (κ3) is 5.76. The Hall–Kier alpha value is -1.98. The number of hydrogen-bond acceptors (Lipinski definition) is 3. The molecule has 3 rings (SSSR count). The fraction of sp³-hybridized carbons (Fsp3) is 0.429. The van der Waals surface area contributed by atoms with E-state index < -0.39 is 0 Å². The van der Waals surface area contributed by atoms with Crippen molar-refractivity contribution in [1.29, 1.82) is 0 Å². The van der Waals surface area contributed by atoms with Crippen LogP contribution in [0.3, 0.4) is 0 Å². The highest BCUT2D eigenvalue weighted by atomic mass is 35.5. The zero-order valence-corrected chi connectivity index (χ0v) is 17.6. The van der Waals surface area contributed by atoms with Gasteiger partial charge in [0, 0.05) is 39.4 Å². The Bertz CT molecular complexity index is 807. The molecule has 0 bridgehead atoms.